The predicted molar refractivity (Wildman–Crippen MR) is 42.9 cm³/mol. The normalized spacial score (nSPS) is 12.5. The van der Waals surface area contributed by atoms with Gasteiger partial charge in [0.2, 0.25) is 5.78 Å². The van der Waals surface area contributed by atoms with Crippen LogP contribution < -0.4 is 0 Å². The van der Waals surface area contributed by atoms with Gasteiger partial charge in [0.05, 0.1) is 12.5 Å². The lowest BCUT2D eigenvalue weighted by molar-refractivity contribution is -0.152. The van der Waals surface area contributed by atoms with Gasteiger partial charge in [-0.2, -0.15) is 0 Å². The third-order valence-corrected chi connectivity index (χ3v) is 1.60. The van der Waals surface area contributed by atoms with Crippen LogP contribution in [0.4, 0.5) is 0 Å². The minimum Gasteiger partial charge on any atom is -0.475 e. The lowest BCUT2D eigenvalue weighted by Gasteiger charge is -2.09. The van der Waals surface area contributed by atoms with Crippen molar-refractivity contribution in [2.24, 2.45) is 5.92 Å². The Hall–Kier alpha value is -0.900. The van der Waals surface area contributed by atoms with Crippen LogP contribution in [0.15, 0.2) is 0 Å². The van der Waals surface area contributed by atoms with E-state index in [2.05, 4.69) is 0 Å². The maximum atomic E-state index is 10.9. The van der Waals surface area contributed by atoms with Gasteiger partial charge in [-0.05, 0) is 13.3 Å². The molecule has 0 aromatic heterocycles. The standard InChI is InChI=1S/C8H14O4/c1-3-6(5-12-4-2)7(9)8(10)11/h6H,3-5H2,1-2H3,(H,10,11). The summed E-state index contributed by atoms with van der Waals surface area (Å²) in [6.07, 6.45) is 0.505. The molecule has 0 aliphatic carbocycles. The summed E-state index contributed by atoms with van der Waals surface area (Å²) < 4.78 is 4.97. The third kappa shape index (κ3) is 3.48. The summed E-state index contributed by atoms with van der Waals surface area (Å²) in [5, 5.41) is 8.38. The van der Waals surface area contributed by atoms with E-state index in [1.807, 2.05) is 0 Å². The molecule has 70 valence electrons. The van der Waals surface area contributed by atoms with Gasteiger partial charge >= 0.3 is 5.97 Å². The Morgan fingerprint density at radius 2 is 2.00 bits per heavy atom. The summed E-state index contributed by atoms with van der Waals surface area (Å²) in [5.74, 6) is -2.63. The van der Waals surface area contributed by atoms with E-state index in [1.54, 1.807) is 13.8 Å². The van der Waals surface area contributed by atoms with Crippen molar-refractivity contribution in [2.75, 3.05) is 13.2 Å². The summed E-state index contributed by atoms with van der Waals surface area (Å²) >= 11 is 0. The van der Waals surface area contributed by atoms with Gasteiger partial charge in [-0.1, -0.05) is 6.92 Å². The molecule has 0 bridgehead atoms. The van der Waals surface area contributed by atoms with Crippen molar-refractivity contribution in [3.8, 4) is 0 Å². The van der Waals surface area contributed by atoms with E-state index in [-0.39, 0.29) is 6.61 Å². The number of hydrogen-bond acceptors (Lipinski definition) is 3. The van der Waals surface area contributed by atoms with Crippen molar-refractivity contribution < 1.29 is 19.4 Å². The number of Topliss-reactive ketones (excluding diaryl/α,β-unsaturated/α-hetero) is 1. The Bertz CT molecular complexity index is 164. The van der Waals surface area contributed by atoms with Crippen LogP contribution in [0.25, 0.3) is 0 Å². The second-order valence-corrected chi connectivity index (χ2v) is 2.43. The Labute approximate surface area is 71.5 Å². The van der Waals surface area contributed by atoms with Crippen LogP contribution in [0.3, 0.4) is 0 Å². The van der Waals surface area contributed by atoms with Gasteiger partial charge in [-0.3, -0.25) is 4.79 Å². The van der Waals surface area contributed by atoms with Crippen molar-refractivity contribution in [2.45, 2.75) is 20.3 Å². The van der Waals surface area contributed by atoms with Gasteiger partial charge in [0.25, 0.3) is 0 Å². The maximum absolute atomic E-state index is 10.9. The Balaban J connectivity index is 3.96. The lowest BCUT2D eigenvalue weighted by atomic mass is 10.0. The zero-order valence-electron chi connectivity index (χ0n) is 7.37. The first-order valence-electron chi connectivity index (χ1n) is 3.98. The zero-order chi connectivity index (χ0) is 9.56. The molecule has 0 fully saturated rings. The van der Waals surface area contributed by atoms with Crippen molar-refractivity contribution in [3.05, 3.63) is 0 Å². The van der Waals surface area contributed by atoms with Crippen LogP contribution in [-0.4, -0.2) is 30.1 Å². The first kappa shape index (κ1) is 11.1. The van der Waals surface area contributed by atoms with Crippen molar-refractivity contribution in [3.63, 3.8) is 0 Å². The van der Waals surface area contributed by atoms with Crippen LogP contribution >= 0.6 is 0 Å². The largest absolute Gasteiger partial charge is 0.475 e. The Kier molecular flexibility index (Phi) is 5.28. The molecule has 12 heavy (non-hydrogen) atoms. The first-order valence-corrected chi connectivity index (χ1v) is 3.98. The van der Waals surface area contributed by atoms with E-state index < -0.39 is 17.7 Å². The van der Waals surface area contributed by atoms with E-state index in [0.717, 1.165) is 0 Å². The highest BCUT2D eigenvalue weighted by molar-refractivity contribution is 6.33. The van der Waals surface area contributed by atoms with Crippen LogP contribution in [0.2, 0.25) is 0 Å². The fourth-order valence-corrected chi connectivity index (χ4v) is 0.814. The molecule has 0 aromatic rings. The average molecular weight is 174 g/mol. The van der Waals surface area contributed by atoms with Crippen LogP contribution in [0, 0.1) is 5.92 Å². The number of ether oxygens (including phenoxy) is 1. The highest BCUT2D eigenvalue weighted by atomic mass is 16.5. The topological polar surface area (TPSA) is 63.6 Å². The van der Waals surface area contributed by atoms with Gasteiger partial charge < -0.3 is 9.84 Å². The third-order valence-electron chi connectivity index (χ3n) is 1.60. The molecule has 0 aliphatic heterocycles. The number of carbonyl (C=O) groups is 2. The minimum absolute atomic E-state index is 0.206. The minimum atomic E-state index is -1.37. The second kappa shape index (κ2) is 5.71. The molecule has 0 rings (SSSR count). The summed E-state index contributed by atoms with van der Waals surface area (Å²) in [6, 6.07) is 0. The van der Waals surface area contributed by atoms with E-state index in [0.29, 0.717) is 13.0 Å². The van der Waals surface area contributed by atoms with Crippen molar-refractivity contribution in [1.82, 2.24) is 0 Å². The van der Waals surface area contributed by atoms with Crippen LogP contribution in [-0.2, 0) is 14.3 Å². The molecule has 0 aromatic carbocycles. The number of carbonyl (C=O) groups excluding carboxylic acids is 1. The molecule has 4 heteroatoms. The molecule has 1 unspecified atom stereocenters. The Morgan fingerprint density at radius 1 is 1.42 bits per heavy atom. The van der Waals surface area contributed by atoms with E-state index in [4.69, 9.17) is 9.84 Å². The highest BCUT2D eigenvalue weighted by Gasteiger charge is 2.22. The van der Waals surface area contributed by atoms with Crippen LogP contribution in [0.1, 0.15) is 20.3 Å². The molecule has 0 heterocycles. The molecule has 1 N–H and O–H groups in total. The van der Waals surface area contributed by atoms with Crippen molar-refractivity contribution in [1.29, 1.82) is 0 Å². The summed E-state index contributed by atoms with van der Waals surface area (Å²) in [7, 11) is 0. The summed E-state index contributed by atoms with van der Waals surface area (Å²) in [6.45, 7) is 4.28. The number of aliphatic carboxylic acids is 1. The van der Waals surface area contributed by atoms with Crippen LogP contribution in [0.5, 0.6) is 0 Å². The Morgan fingerprint density at radius 3 is 2.33 bits per heavy atom. The van der Waals surface area contributed by atoms with E-state index >= 15 is 0 Å². The zero-order valence-corrected chi connectivity index (χ0v) is 7.37. The first-order chi connectivity index (χ1) is 5.63. The highest BCUT2D eigenvalue weighted by Crippen LogP contribution is 2.04. The number of carboxylic acids is 1. The fraction of sp³-hybridized carbons (Fsp3) is 0.750. The fourth-order valence-electron chi connectivity index (χ4n) is 0.814. The lowest BCUT2D eigenvalue weighted by Crippen LogP contribution is -2.26. The number of hydrogen-bond donors (Lipinski definition) is 1. The monoisotopic (exact) mass is 174 g/mol. The SMILES string of the molecule is CCOCC(CC)C(=O)C(=O)O. The molecule has 0 aliphatic rings. The second-order valence-electron chi connectivity index (χ2n) is 2.43. The van der Waals surface area contributed by atoms with Gasteiger partial charge in [-0.25, -0.2) is 4.79 Å². The predicted octanol–water partition coefficient (Wildman–Crippen LogP) is 0.703. The molecular weight excluding hydrogens is 160 g/mol. The summed E-state index contributed by atoms with van der Waals surface area (Å²) in [4.78, 5) is 21.2. The number of ketones is 1. The smallest absolute Gasteiger partial charge is 0.372 e. The molecule has 0 saturated heterocycles. The molecule has 4 nitrogen and oxygen atoms in total. The maximum Gasteiger partial charge on any atom is 0.372 e. The van der Waals surface area contributed by atoms with E-state index in [1.165, 1.54) is 0 Å². The number of carboxylic acid groups (broad SMARTS) is 1. The van der Waals surface area contributed by atoms with Gasteiger partial charge in [0, 0.05) is 6.61 Å². The molecular formula is C8H14O4. The molecule has 0 saturated carbocycles. The van der Waals surface area contributed by atoms with Gasteiger partial charge in [0.1, 0.15) is 0 Å². The summed E-state index contributed by atoms with van der Waals surface area (Å²) in [5.41, 5.74) is 0. The average Bonchev–Trinajstić information content (AvgIpc) is 2.05. The molecule has 0 amide bonds. The van der Waals surface area contributed by atoms with Gasteiger partial charge in [0.15, 0.2) is 0 Å². The van der Waals surface area contributed by atoms with Crippen molar-refractivity contribution >= 4 is 11.8 Å². The van der Waals surface area contributed by atoms with E-state index in [9.17, 15) is 9.59 Å². The number of rotatable bonds is 6. The molecule has 1 atom stereocenters. The molecule has 0 radical (unpaired) electrons. The molecule has 0 spiro atoms. The quantitative estimate of drug-likeness (QED) is 0.602. The van der Waals surface area contributed by atoms with Gasteiger partial charge in [-0.15, -0.1) is 0 Å².